The number of nitrogens with two attached hydrogens (primary N) is 1. The Hall–Kier alpha value is -1.82. The van der Waals surface area contributed by atoms with Crippen LogP contribution in [0, 0.1) is 0 Å². The summed E-state index contributed by atoms with van der Waals surface area (Å²) < 4.78 is 6.12. The Morgan fingerprint density at radius 3 is 2.62 bits per heavy atom. The lowest BCUT2D eigenvalue weighted by atomic mass is 9.98. The molecule has 1 saturated heterocycles. The summed E-state index contributed by atoms with van der Waals surface area (Å²) in [5, 5.41) is 0. The predicted molar refractivity (Wildman–Crippen MR) is 82.6 cm³/mol. The van der Waals surface area contributed by atoms with E-state index in [1.807, 2.05) is 0 Å². The maximum Gasteiger partial charge on any atom is 0.222 e. The molecule has 1 aliphatic heterocycles. The van der Waals surface area contributed by atoms with Gasteiger partial charge >= 0.3 is 0 Å². The van der Waals surface area contributed by atoms with Crippen LogP contribution >= 0.6 is 0 Å². The van der Waals surface area contributed by atoms with Crippen LogP contribution in [0.25, 0.3) is 11.1 Å². The van der Waals surface area contributed by atoms with Gasteiger partial charge in [0.05, 0.1) is 0 Å². The Kier molecular flexibility index (Phi) is 2.99. The third-order valence-corrected chi connectivity index (χ3v) is 4.60. The third kappa shape index (κ3) is 2.14. The van der Waals surface area contributed by atoms with Gasteiger partial charge in [0.15, 0.2) is 11.4 Å². The molecule has 3 heterocycles. The van der Waals surface area contributed by atoms with Crippen molar-refractivity contribution in [2.45, 2.75) is 25.7 Å². The highest BCUT2D eigenvalue weighted by molar-refractivity contribution is 5.88. The second-order valence-electron chi connectivity index (χ2n) is 6.08. The number of rotatable bonds is 1. The molecule has 0 atom stereocenters. The fourth-order valence-corrected chi connectivity index (χ4v) is 3.35. The first-order valence-corrected chi connectivity index (χ1v) is 7.73. The van der Waals surface area contributed by atoms with E-state index in [4.69, 9.17) is 10.2 Å². The molecule has 0 unspecified atom stereocenters. The standard InChI is InChI=1S/C15H21N5O/c1-19-6-8-20(9-7-19)14-13-12(17-15(16)18-14)10-4-2-3-5-11(10)21-13/h2-9H2,1H3,(H2,16,17,18). The summed E-state index contributed by atoms with van der Waals surface area (Å²) in [4.78, 5) is 13.5. The summed E-state index contributed by atoms with van der Waals surface area (Å²) in [5.41, 5.74) is 8.97. The van der Waals surface area contributed by atoms with Gasteiger partial charge in [0.1, 0.15) is 11.3 Å². The second-order valence-corrected chi connectivity index (χ2v) is 6.08. The van der Waals surface area contributed by atoms with Gasteiger partial charge in [-0.1, -0.05) is 0 Å². The van der Waals surface area contributed by atoms with E-state index in [0.717, 1.165) is 61.7 Å². The molecular weight excluding hydrogens is 266 g/mol. The van der Waals surface area contributed by atoms with E-state index in [1.165, 1.54) is 18.4 Å². The number of nitrogens with zero attached hydrogens (tertiary/aromatic N) is 4. The number of piperazine rings is 1. The Bertz CT molecular complexity index is 672. The Balaban J connectivity index is 1.82. The lowest BCUT2D eigenvalue weighted by Crippen LogP contribution is -2.45. The monoisotopic (exact) mass is 287 g/mol. The Morgan fingerprint density at radius 1 is 1.05 bits per heavy atom. The van der Waals surface area contributed by atoms with E-state index in [1.54, 1.807) is 0 Å². The van der Waals surface area contributed by atoms with Crippen molar-refractivity contribution >= 4 is 22.9 Å². The molecule has 0 aromatic carbocycles. The van der Waals surface area contributed by atoms with Crippen molar-refractivity contribution in [3.05, 3.63) is 11.3 Å². The molecule has 2 aromatic heterocycles. The normalized spacial score (nSPS) is 20.0. The molecule has 1 aliphatic carbocycles. The fraction of sp³-hybridized carbons (Fsp3) is 0.600. The van der Waals surface area contributed by atoms with Crippen molar-refractivity contribution in [3.8, 4) is 0 Å². The molecule has 6 heteroatoms. The van der Waals surface area contributed by atoms with Crippen molar-refractivity contribution in [2.24, 2.45) is 0 Å². The summed E-state index contributed by atoms with van der Waals surface area (Å²) in [7, 11) is 2.15. The largest absolute Gasteiger partial charge is 0.455 e. The van der Waals surface area contributed by atoms with Gasteiger partial charge in [-0.3, -0.25) is 0 Å². The Morgan fingerprint density at radius 2 is 1.81 bits per heavy atom. The van der Waals surface area contributed by atoms with Crippen LogP contribution in [0.1, 0.15) is 24.2 Å². The smallest absolute Gasteiger partial charge is 0.222 e. The Labute approximate surface area is 123 Å². The van der Waals surface area contributed by atoms with Gasteiger partial charge in [-0.2, -0.15) is 4.98 Å². The predicted octanol–water partition coefficient (Wildman–Crippen LogP) is 1.44. The number of hydrogen-bond acceptors (Lipinski definition) is 6. The van der Waals surface area contributed by atoms with Crippen molar-refractivity contribution in [2.75, 3.05) is 43.9 Å². The summed E-state index contributed by atoms with van der Waals surface area (Å²) in [6.07, 6.45) is 4.45. The number of aryl methyl sites for hydroxylation is 2. The van der Waals surface area contributed by atoms with Crippen LogP contribution in [0.5, 0.6) is 0 Å². The van der Waals surface area contributed by atoms with Gasteiger partial charge in [0.2, 0.25) is 5.95 Å². The van der Waals surface area contributed by atoms with Crippen LogP contribution in [0.15, 0.2) is 4.42 Å². The number of aromatic nitrogens is 2. The van der Waals surface area contributed by atoms with Crippen molar-refractivity contribution < 1.29 is 4.42 Å². The van der Waals surface area contributed by atoms with Crippen LogP contribution in [0.3, 0.4) is 0 Å². The lowest BCUT2D eigenvalue weighted by molar-refractivity contribution is 0.312. The zero-order chi connectivity index (χ0) is 14.4. The molecule has 1 fully saturated rings. The number of hydrogen-bond donors (Lipinski definition) is 1. The van der Waals surface area contributed by atoms with E-state index < -0.39 is 0 Å². The van der Waals surface area contributed by atoms with Gasteiger partial charge in [-0.25, -0.2) is 4.98 Å². The van der Waals surface area contributed by atoms with Crippen LogP contribution in [0.4, 0.5) is 11.8 Å². The maximum atomic E-state index is 6.12. The van der Waals surface area contributed by atoms with Crippen LogP contribution in [-0.4, -0.2) is 48.1 Å². The molecular formula is C15H21N5O. The topological polar surface area (TPSA) is 71.4 Å². The highest BCUT2D eigenvalue weighted by atomic mass is 16.3. The average Bonchev–Trinajstić information content (AvgIpc) is 2.86. The number of furan rings is 1. The molecule has 21 heavy (non-hydrogen) atoms. The van der Waals surface area contributed by atoms with Gasteiger partial charge < -0.3 is 20.0 Å². The molecule has 112 valence electrons. The highest BCUT2D eigenvalue weighted by Gasteiger charge is 2.25. The lowest BCUT2D eigenvalue weighted by Gasteiger charge is -2.33. The first-order chi connectivity index (χ1) is 10.2. The van der Waals surface area contributed by atoms with Crippen LogP contribution in [0.2, 0.25) is 0 Å². The molecule has 0 saturated carbocycles. The van der Waals surface area contributed by atoms with E-state index in [9.17, 15) is 0 Å². The molecule has 0 amide bonds. The first kappa shape index (κ1) is 12.9. The molecule has 0 spiro atoms. The van der Waals surface area contributed by atoms with Gasteiger partial charge in [-0.05, 0) is 26.3 Å². The van der Waals surface area contributed by atoms with E-state index >= 15 is 0 Å². The quantitative estimate of drug-likeness (QED) is 0.855. The number of nitrogen functional groups attached to an aromatic ring is 1. The number of likely N-dealkylation sites (N-methyl/N-ethyl adjacent to an activating group) is 1. The van der Waals surface area contributed by atoms with Crippen LogP contribution < -0.4 is 10.6 Å². The minimum atomic E-state index is 0.352. The SMILES string of the molecule is CN1CCN(c2nc(N)nc3c4c(oc23)CCCC4)CC1. The van der Waals surface area contributed by atoms with Crippen molar-refractivity contribution in [3.63, 3.8) is 0 Å². The van der Waals surface area contributed by atoms with Gasteiger partial charge in [-0.15, -0.1) is 0 Å². The van der Waals surface area contributed by atoms with Gasteiger partial charge in [0, 0.05) is 38.2 Å². The first-order valence-electron chi connectivity index (χ1n) is 7.73. The van der Waals surface area contributed by atoms with E-state index in [0.29, 0.717) is 5.95 Å². The molecule has 4 rings (SSSR count). The number of anilines is 2. The van der Waals surface area contributed by atoms with Crippen LogP contribution in [-0.2, 0) is 12.8 Å². The highest BCUT2D eigenvalue weighted by Crippen LogP contribution is 2.35. The fourth-order valence-electron chi connectivity index (χ4n) is 3.35. The third-order valence-electron chi connectivity index (χ3n) is 4.60. The molecule has 2 N–H and O–H groups in total. The number of fused-ring (bicyclic) bond motifs is 3. The second kappa shape index (κ2) is 4.87. The molecule has 2 aromatic rings. The van der Waals surface area contributed by atoms with Crippen molar-refractivity contribution in [1.82, 2.24) is 14.9 Å². The zero-order valence-electron chi connectivity index (χ0n) is 12.4. The molecule has 0 radical (unpaired) electrons. The molecule has 0 bridgehead atoms. The average molecular weight is 287 g/mol. The summed E-state index contributed by atoms with van der Waals surface area (Å²) >= 11 is 0. The molecule has 2 aliphatic rings. The van der Waals surface area contributed by atoms with E-state index in [-0.39, 0.29) is 0 Å². The van der Waals surface area contributed by atoms with Crippen molar-refractivity contribution in [1.29, 1.82) is 0 Å². The summed E-state index contributed by atoms with van der Waals surface area (Å²) in [5.74, 6) is 2.32. The zero-order valence-corrected chi connectivity index (χ0v) is 12.4. The summed E-state index contributed by atoms with van der Waals surface area (Å²) in [6.45, 7) is 3.97. The van der Waals surface area contributed by atoms with E-state index in [2.05, 4.69) is 26.8 Å². The molecule has 6 nitrogen and oxygen atoms in total. The summed E-state index contributed by atoms with van der Waals surface area (Å²) in [6, 6.07) is 0. The maximum absolute atomic E-state index is 6.12. The van der Waals surface area contributed by atoms with Gasteiger partial charge in [0.25, 0.3) is 0 Å². The minimum Gasteiger partial charge on any atom is -0.455 e. The minimum absolute atomic E-state index is 0.352.